The molecule has 4 rings (SSSR count). The Labute approximate surface area is 180 Å². The molecule has 1 unspecified atom stereocenters. The van der Waals surface area contributed by atoms with Gasteiger partial charge in [-0.1, -0.05) is 51.6 Å². The van der Waals surface area contributed by atoms with Crippen LogP contribution in [0.5, 0.6) is 5.75 Å². The lowest BCUT2D eigenvalue weighted by Crippen LogP contribution is -2.37. The van der Waals surface area contributed by atoms with Gasteiger partial charge in [-0.05, 0) is 29.5 Å². The molecule has 2 aromatic rings. The van der Waals surface area contributed by atoms with Crippen LogP contribution in [-0.4, -0.2) is 28.1 Å². The number of rotatable bonds is 4. The third-order valence-electron chi connectivity index (χ3n) is 5.47. The summed E-state index contributed by atoms with van der Waals surface area (Å²) >= 11 is 1.51. The van der Waals surface area contributed by atoms with Crippen molar-refractivity contribution in [2.24, 2.45) is 5.41 Å². The first-order valence-corrected chi connectivity index (χ1v) is 11.0. The molecular formula is C23H27N3O3S. The van der Waals surface area contributed by atoms with Crippen LogP contribution in [0.4, 0.5) is 5.82 Å². The number of nitrogens with zero attached hydrogens (tertiary/aromatic N) is 1. The van der Waals surface area contributed by atoms with Gasteiger partial charge in [-0.15, -0.1) is 0 Å². The standard InChI is InChI=1S/C23H27N3O3S/c1-12(2)30-22-25-20-19(21(28)26-22)17(13-7-6-8-14(9-13)29-5)18-15(24-20)10-23(3,4)11-16(18)27/h6-9,12,17H,10-11H2,1-5H3,(H2,24,25,26,28). The van der Waals surface area contributed by atoms with Crippen molar-refractivity contribution in [2.75, 3.05) is 12.4 Å². The maximum Gasteiger partial charge on any atom is 0.257 e. The monoisotopic (exact) mass is 425 g/mol. The van der Waals surface area contributed by atoms with Crippen molar-refractivity contribution in [3.63, 3.8) is 0 Å². The summed E-state index contributed by atoms with van der Waals surface area (Å²) in [5, 5.41) is 4.22. The number of allylic oxidation sites excluding steroid dienone is 2. The molecule has 1 aliphatic heterocycles. The molecule has 0 fully saturated rings. The third-order valence-corrected chi connectivity index (χ3v) is 6.36. The molecule has 0 amide bonds. The molecular weight excluding hydrogens is 398 g/mol. The van der Waals surface area contributed by atoms with Gasteiger partial charge in [0.05, 0.1) is 12.7 Å². The van der Waals surface area contributed by atoms with Gasteiger partial charge in [0.25, 0.3) is 5.56 Å². The van der Waals surface area contributed by atoms with Crippen molar-refractivity contribution < 1.29 is 9.53 Å². The predicted octanol–water partition coefficient (Wildman–Crippen LogP) is 4.48. The molecule has 158 valence electrons. The Morgan fingerprint density at radius 1 is 1.23 bits per heavy atom. The van der Waals surface area contributed by atoms with Crippen molar-refractivity contribution in [1.29, 1.82) is 0 Å². The highest BCUT2D eigenvalue weighted by atomic mass is 32.2. The highest BCUT2D eigenvalue weighted by Crippen LogP contribution is 2.48. The minimum atomic E-state index is -0.468. The molecule has 2 N–H and O–H groups in total. The van der Waals surface area contributed by atoms with E-state index in [0.29, 0.717) is 34.3 Å². The van der Waals surface area contributed by atoms with Crippen molar-refractivity contribution in [2.45, 2.75) is 56.9 Å². The fourth-order valence-corrected chi connectivity index (χ4v) is 5.07. The summed E-state index contributed by atoms with van der Waals surface area (Å²) in [6.07, 6.45) is 1.19. The van der Waals surface area contributed by atoms with Crippen LogP contribution in [0.2, 0.25) is 0 Å². The zero-order valence-electron chi connectivity index (χ0n) is 18.0. The largest absolute Gasteiger partial charge is 0.497 e. The van der Waals surface area contributed by atoms with E-state index in [0.717, 1.165) is 17.7 Å². The maximum absolute atomic E-state index is 13.2. The van der Waals surface area contributed by atoms with Crippen molar-refractivity contribution >= 4 is 23.4 Å². The number of ether oxygens (including phenoxy) is 1. The first kappa shape index (κ1) is 20.7. The number of Topliss-reactive ketones (excluding diaryl/α,β-unsaturated/α-hetero) is 1. The molecule has 0 radical (unpaired) electrons. The van der Waals surface area contributed by atoms with E-state index >= 15 is 0 Å². The summed E-state index contributed by atoms with van der Waals surface area (Å²) in [5.74, 6) is 0.838. The predicted molar refractivity (Wildman–Crippen MR) is 119 cm³/mol. The van der Waals surface area contributed by atoms with Gasteiger partial charge in [-0.3, -0.25) is 9.59 Å². The van der Waals surface area contributed by atoms with Crippen LogP contribution in [-0.2, 0) is 4.79 Å². The molecule has 30 heavy (non-hydrogen) atoms. The summed E-state index contributed by atoms with van der Waals surface area (Å²) in [7, 11) is 1.61. The SMILES string of the molecule is COc1cccc(C2C3=C(CC(C)(C)CC3=O)Nc3nc(SC(C)C)[nH]c(=O)c32)c1. The summed E-state index contributed by atoms with van der Waals surface area (Å²) in [5.41, 5.74) is 2.53. The Balaban J connectivity index is 1.94. The summed E-state index contributed by atoms with van der Waals surface area (Å²) < 4.78 is 5.40. The number of benzene rings is 1. The van der Waals surface area contributed by atoms with E-state index in [4.69, 9.17) is 9.72 Å². The topological polar surface area (TPSA) is 84.1 Å². The number of methoxy groups -OCH3 is 1. The second-order valence-electron chi connectivity index (χ2n) is 8.97. The molecule has 2 heterocycles. The Bertz CT molecular complexity index is 1100. The van der Waals surface area contributed by atoms with Crippen LogP contribution >= 0.6 is 11.8 Å². The number of carbonyl (C=O) groups is 1. The van der Waals surface area contributed by atoms with Crippen LogP contribution in [0.15, 0.2) is 45.5 Å². The normalized spacial score (nSPS) is 19.9. The molecule has 1 aromatic heterocycles. The van der Waals surface area contributed by atoms with Gasteiger partial charge in [-0.2, -0.15) is 0 Å². The fourth-order valence-electron chi connectivity index (χ4n) is 4.33. The quantitative estimate of drug-likeness (QED) is 0.555. The smallest absolute Gasteiger partial charge is 0.257 e. The van der Waals surface area contributed by atoms with E-state index in [1.807, 2.05) is 24.3 Å². The van der Waals surface area contributed by atoms with E-state index < -0.39 is 5.92 Å². The highest BCUT2D eigenvalue weighted by molar-refractivity contribution is 7.99. The summed E-state index contributed by atoms with van der Waals surface area (Å²) in [6, 6.07) is 7.58. The average molecular weight is 426 g/mol. The van der Waals surface area contributed by atoms with E-state index in [-0.39, 0.29) is 22.0 Å². The molecule has 0 saturated carbocycles. The molecule has 7 heteroatoms. The fraction of sp³-hybridized carbons (Fsp3) is 0.435. The number of carbonyl (C=O) groups excluding carboxylic acids is 1. The number of H-pyrrole nitrogens is 1. The lowest BCUT2D eigenvalue weighted by molar-refractivity contribution is -0.118. The Kier molecular flexibility index (Phi) is 5.26. The first-order valence-electron chi connectivity index (χ1n) is 10.2. The van der Waals surface area contributed by atoms with E-state index in [1.165, 1.54) is 11.8 Å². The molecule has 1 atom stereocenters. The van der Waals surface area contributed by atoms with E-state index in [2.05, 4.69) is 38.0 Å². The van der Waals surface area contributed by atoms with Gasteiger partial charge in [0, 0.05) is 28.9 Å². The van der Waals surface area contributed by atoms with Crippen LogP contribution in [0.25, 0.3) is 0 Å². The van der Waals surface area contributed by atoms with Crippen LogP contribution in [0.1, 0.15) is 57.6 Å². The first-order chi connectivity index (χ1) is 14.2. The minimum absolute atomic E-state index is 0.0762. The number of nitrogens with one attached hydrogen (secondary N) is 2. The zero-order chi connectivity index (χ0) is 21.6. The highest BCUT2D eigenvalue weighted by Gasteiger charge is 2.42. The lowest BCUT2D eigenvalue weighted by atomic mass is 9.69. The van der Waals surface area contributed by atoms with Gasteiger partial charge < -0.3 is 15.0 Å². The average Bonchev–Trinajstić information content (AvgIpc) is 2.64. The number of anilines is 1. The van der Waals surface area contributed by atoms with Gasteiger partial charge in [0.1, 0.15) is 11.6 Å². The second kappa shape index (κ2) is 7.61. The van der Waals surface area contributed by atoms with Crippen molar-refractivity contribution in [3.05, 3.63) is 57.0 Å². The number of fused-ring (bicyclic) bond motifs is 1. The lowest BCUT2D eigenvalue weighted by Gasteiger charge is -2.38. The summed E-state index contributed by atoms with van der Waals surface area (Å²) in [4.78, 5) is 34.1. The van der Waals surface area contributed by atoms with Crippen molar-refractivity contribution in [1.82, 2.24) is 9.97 Å². The molecule has 1 aromatic carbocycles. The second-order valence-corrected chi connectivity index (χ2v) is 10.5. The Hall–Kier alpha value is -2.54. The minimum Gasteiger partial charge on any atom is -0.497 e. The van der Waals surface area contributed by atoms with E-state index in [1.54, 1.807) is 7.11 Å². The van der Waals surface area contributed by atoms with Crippen LogP contribution in [0.3, 0.4) is 0 Å². The van der Waals surface area contributed by atoms with Gasteiger partial charge >= 0.3 is 0 Å². The molecule has 6 nitrogen and oxygen atoms in total. The number of hydrogen-bond acceptors (Lipinski definition) is 6. The van der Waals surface area contributed by atoms with Gasteiger partial charge in [0.2, 0.25) is 0 Å². The number of ketones is 1. The number of hydrogen-bond donors (Lipinski definition) is 2. The summed E-state index contributed by atoms with van der Waals surface area (Å²) in [6.45, 7) is 8.30. The van der Waals surface area contributed by atoms with Crippen molar-refractivity contribution in [3.8, 4) is 5.75 Å². The number of aromatic amines is 1. The van der Waals surface area contributed by atoms with E-state index in [9.17, 15) is 9.59 Å². The van der Waals surface area contributed by atoms with Crippen LogP contribution in [0, 0.1) is 5.41 Å². The number of thioether (sulfide) groups is 1. The molecule has 2 aliphatic rings. The maximum atomic E-state index is 13.2. The Morgan fingerprint density at radius 2 is 2.00 bits per heavy atom. The Morgan fingerprint density at radius 3 is 2.70 bits per heavy atom. The molecule has 0 bridgehead atoms. The van der Waals surface area contributed by atoms with Crippen LogP contribution < -0.4 is 15.6 Å². The van der Waals surface area contributed by atoms with Gasteiger partial charge in [-0.25, -0.2) is 4.98 Å². The third kappa shape index (κ3) is 3.78. The molecule has 1 aliphatic carbocycles. The zero-order valence-corrected chi connectivity index (χ0v) is 18.8. The molecule has 0 saturated heterocycles. The number of aromatic nitrogens is 2. The van der Waals surface area contributed by atoms with Gasteiger partial charge in [0.15, 0.2) is 10.9 Å². The molecule has 0 spiro atoms.